The van der Waals surface area contributed by atoms with Crippen molar-refractivity contribution in [2.75, 3.05) is 31.2 Å². The number of halogens is 1. The number of hydrogen-bond acceptors (Lipinski definition) is 3. The van der Waals surface area contributed by atoms with Crippen molar-refractivity contribution >= 4 is 38.8 Å². The van der Waals surface area contributed by atoms with Gasteiger partial charge in [0.05, 0.1) is 6.61 Å². The average molecular weight is 331 g/mol. The predicted molar refractivity (Wildman–Crippen MR) is 84.4 cm³/mol. The Morgan fingerprint density at radius 3 is 2.72 bits per heavy atom. The third-order valence-electron chi connectivity index (χ3n) is 2.67. The number of ether oxygens (including phenoxy) is 1. The molecule has 2 N–H and O–H groups in total. The van der Waals surface area contributed by atoms with Crippen LogP contribution in [0.3, 0.4) is 0 Å². The molecule has 1 rings (SSSR count). The van der Waals surface area contributed by atoms with E-state index in [4.69, 9.17) is 22.7 Å². The summed E-state index contributed by atoms with van der Waals surface area (Å²) in [6.07, 6.45) is 0. The molecule has 0 atom stereocenters. The first kappa shape index (κ1) is 15.4. The van der Waals surface area contributed by atoms with E-state index in [0.29, 0.717) is 11.6 Å². The molecular formula is C13H19BrN2OS. The summed E-state index contributed by atoms with van der Waals surface area (Å²) in [7, 11) is 0. The highest BCUT2D eigenvalue weighted by Crippen LogP contribution is 2.27. The third kappa shape index (κ3) is 3.93. The van der Waals surface area contributed by atoms with Gasteiger partial charge in [0.15, 0.2) is 0 Å². The molecule has 5 heteroatoms. The molecule has 0 spiro atoms. The van der Waals surface area contributed by atoms with Crippen LogP contribution in [0.25, 0.3) is 0 Å². The minimum absolute atomic E-state index is 0.410. The zero-order chi connectivity index (χ0) is 13.5. The maximum absolute atomic E-state index is 5.81. The molecule has 18 heavy (non-hydrogen) atoms. The van der Waals surface area contributed by atoms with Crippen LogP contribution in [0.2, 0.25) is 0 Å². The van der Waals surface area contributed by atoms with Gasteiger partial charge in [-0.15, -0.1) is 0 Å². The highest BCUT2D eigenvalue weighted by atomic mass is 79.9. The van der Waals surface area contributed by atoms with Crippen molar-refractivity contribution in [3.63, 3.8) is 0 Å². The number of likely N-dealkylation sites (N-methyl/N-ethyl adjacent to an activating group) is 1. The van der Waals surface area contributed by atoms with E-state index in [9.17, 15) is 0 Å². The van der Waals surface area contributed by atoms with Gasteiger partial charge in [0.25, 0.3) is 0 Å². The van der Waals surface area contributed by atoms with E-state index < -0.39 is 0 Å². The maximum atomic E-state index is 5.81. The lowest BCUT2D eigenvalue weighted by Gasteiger charge is -2.26. The van der Waals surface area contributed by atoms with Crippen LogP contribution < -0.4 is 10.6 Å². The van der Waals surface area contributed by atoms with Gasteiger partial charge in [-0.3, -0.25) is 0 Å². The molecule has 3 nitrogen and oxygen atoms in total. The molecule has 0 radical (unpaired) electrons. The first-order chi connectivity index (χ1) is 8.61. The molecule has 0 fully saturated rings. The Morgan fingerprint density at radius 1 is 1.44 bits per heavy atom. The number of benzene rings is 1. The van der Waals surface area contributed by atoms with Gasteiger partial charge in [-0.1, -0.05) is 18.3 Å². The second kappa shape index (κ2) is 7.71. The highest BCUT2D eigenvalue weighted by Gasteiger charge is 2.14. The van der Waals surface area contributed by atoms with Crippen LogP contribution >= 0.6 is 28.1 Å². The topological polar surface area (TPSA) is 38.5 Å². The smallest absolute Gasteiger partial charge is 0.107 e. The van der Waals surface area contributed by atoms with Gasteiger partial charge in [-0.05, 0) is 41.9 Å². The van der Waals surface area contributed by atoms with Crippen LogP contribution in [-0.2, 0) is 4.74 Å². The molecule has 0 amide bonds. The summed E-state index contributed by atoms with van der Waals surface area (Å²) in [5.41, 5.74) is 7.76. The number of rotatable bonds is 7. The molecule has 0 saturated carbocycles. The summed E-state index contributed by atoms with van der Waals surface area (Å²) >= 11 is 8.63. The van der Waals surface area contributed by atoms with Gasteiger partial charge < -0.3 is 15.4 Å². The lowest BCUT2D eigenvalue weighted by Crippen LogP contribution is -2.29. The number of nitrogens with two attached hydrogens (primary N) is 1. The van der Waals surface area contributed by atoms with Crippen LogP contribution in [0.5, 0.6) is 0 Å². The van der Waals surface area contributed by atoms with Gasteiger partial charge >= 0.3 is 0 Å². The van der Waals surface area contributed by atoms with Gasteiger partial charge in [-0.2, -0.15) is 0 Å². The van der Waals surface area contributed by atoms with Crippen molar-refractivity contribution in [2.24, 2.45) is 5.73 Å². The molecule has 0 unspecified atom stereocenters. The third-order valence-corrected chi connectivity index (χ3v) is 3.54. The number of anilines is 1. The van der Waals surface area contributed by atoms with E-state index in [-0.39, 0.29) is 0 Å². The number of nitrogens with zero attached hydrogens (tertiary/aromatic N) is 1. The monoisotopic (exact) mass is 330 g/mol. The van der Waals surface area contributed by atoms with Crippen molar-refractivity contribution in [2.45, 2.75) is 13.8 Å². The summed E-state index contributed by atoms with van der Waals surface area (Å²) in [6, 6.07) is 5.98. The summed E-state index contributed by atoms with van der Waals surface area (Å²) in [5.74, 6) is 0. The maximum Gasteiger partial charge on any atom is 0.107 e. The molecule has 1 aromatic carbocycles. The second-order valence-corrected chi connectivity index (χ2v) is 5.07. The van der Waals surface area contributed by atoms with Crippen molar-refractivity contribution in [3.8, 4) is 0 Å². The van der Waals surface area contributed by atoms with Crippen molar-refractivity contribution < 1.29 is 4.74 Å². The molecule has 1 aromatic rings. The van der Waals surface area contributed by atoms with Crippen LogP contribution in [0.1, 0.15) is 19.4 Å². The summed E-state index contributed by atoms with van der Waals surface area (Å²) in [5, 5.41) is 0. The molecular weight excluding hydrogens is 312 g/mol. The van der Waals surface area contributed by atoms with Gasteiger partial charge in [0, 0.05) is 35.4 Å². The number of hydrogen-bond donors (Lipinski definition) is 1. The fourth-order valence-corrected chi connectivity index (χ4v) is 2.70. The van der Waals surface area contributed by atoms with E-state index in [1.165, 1.54) is 0 Å². The first-order valence-electron chi connectivity index (χ1n) is 6.02. The average Bonchev–Trinajstić information content (AvgIpc) is 2.34. The van der Waals surface area contributed by atoms with Crippen LogP contribution in [0, 0.1) is 0 Å². The first-order valence-corrected chi connectivity index (χ1v) is 7.22. The molecule has 0 bridgehead atoms. The Kier molecular flexibility index (Phi) is 6.60. The summed E-state index contributed by atoms with van der Waals surface area (Å²) in [6.45, 7) is 7.26. The van der Waals surface area contributed by atoms with Gasteiger partial charge in [0.1, 0.15) is 4.99 Å². The second-order valence-electron chi connectivity index (χ2n) is 3.77. The fourth-order valence-electron chi connectivity index (χ4n) is 1.79. The minimum atomic E-state index is 0.410. The zero-order valence-electron chi connectivity index (χ0n) is 10.8. The molecule has 0 aliphatic carbocycles. The van der Waals surface area contributed by atoms with Crippen LogP contribution in [0.15, 0.2) is 22.7 Å². The lowest BCUT2D eigenvalue weighted by atomic mass is 10.1. The lowest BCUT2D eigenvalue weighted by molar-refractivity contribution is 0.154. The Bertz CT molecular complexity index is 412. The van der Waals surface area contributed by atoms with E-state index in [0.717, 1.165) is 35.4 Å². The van der Waals surface area contributed by atoms with E-state index in [2.05, 4.69) is 27.8 Å². The summed E-state index contributed by atoms with van der Waals surface area (Å²) < 4.78 is 6.33. The Labute approximate surface area is 122 Å². The fraction of sp³-hybridized carbons (Fsp3) is 0.462. The Morgan fingerprint density at radius 2 is 2.17 bits per heavy atom. The normalized spacial score (nSPS) is 10.4. The molecule has 0 aliphatic heterocycles. The van der Waals surface area contributed by atoms with E-state index in [1.807, 2.05) is 25.1 Å². The quantitative estimate of drug-likeness (QED) is 0.616. The van der Waals surface area contributed by atoms with E-state index >= 15 is 0 Å². The molecule has 100 valence electrons. The SMILES string of the molecule is CCOCCN(CC)c1cccc(Br)c1C(N)=S. The zero-order valence-corrected chi connectivity index (χ0v) is 13.2. The standard InChI is InChI=1S/C13H19BrN2OS/c1-3-16(8-9-17-4-2)11-7-5-6-10(14)12(11)13(15)18/h5-7H,3-4,8-9H2,1-2H3,(H2,15,18). The largest absolute Gasteiger partial charge is 0.389 e. The van der Waals surface area contributed by atoms with Gasteiger partial charge in [-0.25, -0.2) is 0 Å². The highest BCUT2D eigenvalue weighted by molar-refractivity contribution is 9.10. The number of thiocarbonyl (C=S) groups is 1. The van der Waals surface area contributed by atoms with E-state index in [1.54, 1.807) is 0 Å². The van der Waals surface area contributed by atoms with Crippen LogP contribution in [0.4, 0.5) is 5.69 Å². The van der Waals surface area contributed by atoms with Crippen molar-refractivity contribution in [1.82, 2.24) is 0 Å². The summed E-state index contributed by atoms with van der Waals surface area (Å²) in [4.78, 5) is 2.63. The van der Waals surface area contributed by atoms with Crippen LogP contribution in [-0.4, -0.2) is 31.3 Å². The van der Waals surface area contributed by atoms with Gasteiger partial charge in [0.2, 0.25) is 0 Å². The molecule has 0 aliphatic rings. The molecule has 0 heterocycles. The van der Waals surface area contributed by atoms with Crippen molar-refractivity contribution in [3.05, 3.63) is 28.2 Å². The Balaban J connectivity index is 2.98. The Hall–Kier alpha value is -0.650. The van der Waals surface area contributed by atoms with Crippen molar-refractivity contribution in [1.29, 1.82) is 0 Å². The predicted octanol–water partition coefficient (Wildman–Crippen LogP) is 2.95. The molecule has 0 saturated heterocycles. The molecule has 0 aromatic heterocycles. The minimum Gasteiger partial charge on any atom is -0.389 e.